The normalized spacial score (nSPS) is 11.2. The van der Waals surface area contributed by atoms with Crippen molar-refractivity contribution in [3.63, 3.8) is 0 Å². The molecular weight excluding hydrogens is 296 g/mol. The molecule has 0 aromatic rings. The first-order chi connectivity index (χ1) is 11.8. The van der Waals surface area contributed by atoms with Crippen LogP contribution in [-0.2, 0) is 9.53 Å². The van der Waals surface area contributed by atoms with Crippen LogP contribution in [0, 0.1) is 0 Å². The van der Waals surface area contributed by atoms with Gasteiger partial charge in [-0.2, -0.15) is 0 Å². The lowest BCUT2D eigenvalue weighted by molar-refractivity contribution is -0.142. The Kier molecular flexibility index (Phi) is 19.6. The second-order valence-electron chi connectivity index (χ2n) is 6.94. The third kappa shape index (κ3) is 19.3. The van der Waals surface area contributed by atoms with Crippen molar-refractivity contribution < 1.29 is 9.53 Å². The van der Waals surface area contributed by atoms with E-state index in [-0.39, 0.29) is 5.97 Å². The van der Waals surface area contributed by atoms with Gasteiger partial charge in [0, 0.05) is 6.42 Å². The third-order valence-electron chi connectivity index (χ3n) is 4.47. The van der Waals surface area contributed by atoms with Crippen LogP contribution in [0.4, 0.5) is 0 Å². The highest BCUT2D eigenvalue weighted by molar-refractivity contribution is 5.69. The SMILES string of the molecule is CCCCCCCCCC/C=C\COC(=O)CCCCCCCC. The van der Waals surface area contributed by atoms with Gasteiger partial charge in [-0.15, -0.1) is 0 Å². The molecule has 0 saturated heterocycles. The van der Waals surface area contributed by atoms with Crippen LogP contribution < -0.4 is 0 Å². The standard InChI is InChI=1S/C22H42O2/c1-3-5-7-9-11-12-13-14-15-17-19-21-24-22(23)20-18-16-10-8-6-4-2/h17,19H,3-16,18,20-21H2,1-2H3/b19-17-. The van der Waals surface area contributed by atoms with Crippen molar-refractivity contribution in [3.05, 3.63) is 12.2 Å². The molecular formula is C22H42O2. The van der Waals surface area contributed by atoms with Gasteiger partial charge in [0.1, 0.15) is 6.61 Å². The van der Waals surface area contributed by atoms with Gasteiger partial charge in [-0.25, -0.2) is 0 Å². The zero-order valence-corrected chi connectivity index (χ0v) is 16.5. The molecule has 2 nitrogen and oxygen atoms in total. The molecule has 0 spiro atoms. The number of carbonyl (C=O) groups excluding carboxylic acids is 1. The van der Waals surface area contributed by atoms with Gasteiger partial charge in [0.25, 0.3) is 0 Å². The van der Waals surface area contributed by atoms with Gasteiger partial charge in [-0.05, 0) is 19.3 Å². The lowest BCUT2D eigenvalue weighted by Crippen LogP contribution is -2.03. The smallest absolute Gasteiger partial charge is 0.306 e. The second-order valence-corrected chi connectivity index (χ2v) is 6.94. The van der Waals surface area contributed by atoms with E-state index in [9.17, 15) is 4.79 Å². The molecule has 0 amide bonds. The number of unbranched alkanes of at least 4 members (excludes halogenated alkanes) is 13. The number of rotatable bonds is 18. The van der Waals surface area contributed by atoms with E-state index in [1.807, 2.05) is 6.08 Å². The summed E-state index contributed by atoms with van der Waals surface area (Å²) < 4.78 is 5.23. The van der Waals surface area contributed by atoms with Crippen LogP contribution >= 0.6 is 0 Å². The fraction of sp³-hybridized carbons (Fsp3) is 0.864. The van der Waals surface area contributed by atoms with Crippen LogP contribution in [-0.4, -0.2) is 12.6 Å². The maximum absolute atomic E-state index is 11.6. The van der Waals surface area contributed by atoms with Crippen molar-refractivity contribution in [2.45, 2.75) is 117 Å². The van der Waals surface area contributed by atoms with Gasteiger partial charge in [0.2, 0.25) is 0 Å². The molecule has 0 aromatic heterocycles. The molecule has 142 valence electrons. The van der Waals surface area contributed by atoms with Gasteiger partial charge in [-0.3, -0.25) is 4.79 Å². The van der Waals surface area contributed by atoms with Crippen LogP contribution in [0.3, 0.4) is 0 Å². The van der Waals surface area contributed by atoms with Gasteiger partial charge in [0.05, 0.1) is 0 Å². The highest BCUT2D eigenvalue weighted by Gasteiger charge is 2.00. The van der Waals surface area contributed by atoms with Gasteiger partial charge >= 0.3 is 5.97 Å². The summed E-state index contributed by atoms with van der Waals surface area (Å²) in [4.78, 5) is 11.6. The summed E-state index contributed by atoms with van der Waals surface area (Å²) in [7, 11) is 0. The van der Waals surface area contributed by atoms with E-state index in [4.69, 9.17) is 4.74 Å². The zero-order chi connectivity index (χ0) is 17.7. The van der Waals surface area contributed by atoms with E-state index in [2.05, 4.69) is 19.9 Å². The van der Waals surface area contributed by atoms with Crippen molar-refractivity contribution >= 4 is 5.97 Å². The summed E-state index contributed by atoms with van der Waals surface area (Å²) in [5.41, 5.74) is 0. The first-order valence-electron chi connectivity index (χ1n) is 10.6. The molecule has 0 atom stereocenters. The van der Waals surface area contributed by atoms with Crippen molar-refractivity contribution in [1.82, 2.24) is 0 Å². The maximum Gasteiger partial charge on any atom is 0.306 e. The van der Waals surface area contributed by atoms with Gasteiger partial charge in [-0.1, -0.05) is 103 Å². The first kappa shape index (κ1) is 23.2. The van der Waals surface area contributed by atoms with Crippen LogP contribution in [0.5, 0.6) is 0 Å². The Morgan fingerprint density at radius 2 is 1.17 bits per heavy atom. The van der Waals surface area contributed by atoms with E-state index < -0.39 is 0 Å². The summed E-state index contributed by atoms with van der Waals surface area (Å²) in [6.07, 6.45) is 24.0. The molecule has 0 saturated carbocycles. The van der Waals surface area contributed by atoms with E-state index in [0.717, 1.165) is 19.3 Å². The number of carbonyl (C=O) groups is 1. The summed E-state index contributed by atoms with van der Waals surface area (Å²) >= 11 is 0. The molecule has 0 aliphatic rings. The minimum absolute atomic E-state index is 0.0396. The molecule has 0 fully saturated rings. The predicted molar refractivity (Wildman–Crippen MR) is 105 cm³/mol. The average molecular weight is 339 g/mol. The highest BCUT2D eigenvalue weighted by Crippen LogP contribution is 2.10. The average Bonchev–Trinajstić information content (AvgIpc) is 2.59. The fourth-order valence-electron chi connectivity index (χ4n) is 2.84. The molecule has 0 aromatic carbocycles. The Hall–Kier alpha value is -0.790. The number of hydrogen-bond acceptors (Lipinski definition) is 2. The van der Waals surface area contributed by atoms with Crippen LogP contribution in [0.2, 0.25) is 0 Å². The first-order valence-corrected chi connectivity index (χ1v) is 10.6. The number of hydrogen-bond donors (Lipinski definition) is 0. The van der Waals surface area contributed by atoms with Crippen molar-refractivity contribution in [1.29, 1.82) is 0 Å². The summed E-state index contributed by atoms with van der Waals surface area (Å²) in [5.74, 6) is -0.0396. The minimum atomic E-state index is -0.0396. The summed E-state index contributed by atoms with van der Waals surface area (Å²) in [6.45, 7) is 4.93. The lowest BCUT2D eigenvalue weighted by Gasteiger charge is -2.02. The third-order valence-corrected chi connectivity index (χ3v) is 4.47. The van der Waals surface area contributed by atoms with Crippen molar-refractivity contribution in [2.24, 2.45) is 0 Å². The van der Waals surface area contributed by atoms with E-state index in [1.54, 1.807) is 0 Å². The van der Waals surface area contributed by atoms with Gasteiger partial charge < -0.3 is 4.74 Å². The molecule has 0 unspecified atom stereocenters. The maximum atomic E-state index is 11.6. The number of allylic oxidation sites excluding steroid dienone is 1. The van der Waals surface area contributed by atoms with Gasteiger partial charge in [0.15, 0.2) is 0 Å². The Morgan fingerprint density at radius 1 is 0.667 bits per heavy atom. The molecule has 0 N–H and O–H groups in total. The van der Waals surface area contributed by atoms with Crippen molar-refractivity contribution in [2.75, 3.05) is 6.61 Å². The molecule has 24 heavy (non-hydrogen) atoms. The molecule has 2 heteroatoms. The predicted octanol–water partition coefficient (Wildman–Crippen LogP) is 7.37. The topological polar surface area (TPSA) is 26.3 Å². The zero-order valence-electron chi connectivity index (χ0n) is 16.5. The van der Waals surface area contributed by atoms with Crippen LogP contribution in [0.15, 0.2) is 12.2 Å². The van der Waals surface area contributed by atoms with Crippen LogP contribution in [0.25, 0.3) is 0 Å². The number of esters is 1. The molecule has 0 radical (unpaired) electrons. The molecule has 0 aliphatic carbocycles. The number of ether oxygens (including phenoxy) is 1. The van der Waals surface area contributed by atoms with E-state index in [1.165, 1.54) is 77.0 Å². The Morgan fingerprint density at radius 3 is 1.75 bits per heavy atom. The Bertz CT molecular complexity index is 284. The monoisotopic (exact) mass is 338 g/mol. The molecule has 0 bridgehead atoms. The summed E-state index contributed by atoms with van der Waals surface area (Å²) in [6, 6.07) is 0. The fourth-order valence-corrected chi connectivity index (χ4v) is 2.84. The molecule has 0 heterocycles. The summed E-state index contributed by atoms with van der Waals surface area (Å²) in [5, 5.41) is 0. The highest BCUT2D eigenvalue weighted by atomic mass is 16.5. The Labute approximate surface area is 151 Å². The lowest BCUT2D eigenvalue weighted by atomic mass is 10.1. The van der Waals surface area contributed by atoms with E-state index >= 15 is 0 Å². The Balaban J connectivity index is 3.23. The minimum Gasteiger partial charge on any atom is -0.461 e. The second kappa shape index (κ2) is 20.3. The molecule has 0 aliphatic heterocycles. The quantitative estimate of drug-likeness (QED) is 0.148. The van der Waals surface area contributed by atoms with Crippen LogP contribution in [0.1, 0.15) is 117 Å². The largest absolute Gasteiger partial charge is 0.461 e. The van der Waals surface area contributed by atoms with E-state index in [0.29, 0.717) is 13.0 Å². The van der Waals surface area contributed by atoms with Crippen molar-refractivity contribution in [3.8, 4) is 0 Å². The molecule has 0 rings (SSSR count).